The SMILES string of the molecule is CCS(=O)(=O)Nc1ccc(NC2CC(=O)NC2=O)cc1. The molecule has 2 amide bonds. The molecule has 20 heavy (non-hydrogen) atoms. The summed E-state index contributed by atoms with van der Waals surface area (Å²) < 4.78 is 25.2. The maximum Gasteiger partial charge on any atom is 0.249 e. The normalized spacial score (nSPS) is 18.8. The van der Waals surface area contributed by atoms with Gasteiger partial charge in [-0.05, 0) is 31.2 Å². The molecular formula is C12H15N3O4S. The van der Waals surface area contributed by atoms with Gasteiger partial charge in [-0.15, -0.1) is 0 Å². The van der Waals surface area contributed by atoms with Crippen molar-refractivity contribution >= 4 is 33.2 Å². The first-order valence-corrected chi connectivity index (χ1v) is 7.75. The van der Waals surface area contributed by atoms with Gasteiger partial charge < -0.3 is 5.32 Å². The maximum atomic E-state index is 11.4. The van der Waals surface area contributed by atoms with Gasteiger partial charge >= 0.3 is 0 Å². The number of sulfonamides is 1. The van der Waals surface area contributed by atoms with Gasteiger partial charge in [0.2, 0.25) is 21.8 Å². The fraction of sp³-hybridized carbons (Fsp3) is 0.333. The third kappa shape index (κ3) is 3.47. The number of benzene rings is 1. The van der Waals surface area contributed by atoms with E-state index in [4.69, 9.17) is 0 Å². The highest BCUT2D eigenvalue weighted by molar-refractivity contribution is 7.92. The number of imide groups is 1. The van der Waals surface area contributed by atoms with Crippen LogP contribution >= 0.6 is 0 Å². The van der Waals surface area contributed by atoms with Crippen molar-refractivity contribution < 1.29 is 18.0 Å². The molecule has 2 rings (SSSR count). The van der Waals surface area contributed by atoms with E-state index < -0.39 is 16.1 Å². The van der Waals surface area contributed by atoms with E-state index in [1.54, 1.807) is 31.2 Å². The topological polar surface area (TPSA) is 104 Å². The second-order valence-electron chi connectivity index (χ2n) is 4.40. The number of nitrogens with one attached hydrogen (secondary N) is 3. The van der Waals surface area contributed by atoms with Crippen molar-refractivity contribution in [1.29, 1.82) is 0 Å². The third-order valence-corrected chi connectivity index (χ3v) is 4.15. The molecule has 0 spiro atoms. The molecule has 1 aliphatic heterocycles. The van der Waals surface area contributed by atoms with Crippen LogP contribution in [0.5, 0.6) is 0 Å². The zero-order valence-electron chi connectivity index (χ0n) is 10.8. The van der Waals surface area contributed by atoms with Gasteiger partial charge in [0.05, 0.1) is 12.2 Å². The molecule has 108 valence electrons. The van der Waals surface area contributed by atoms with Crippen LogP contribution in [-0.4, -0.2) is 32.0 Å². The molecule has 0 radical (unpaired) electrons. The highest BCUT2D eigenvalue weighted by Gasteiger charge is 2.30. The van der Waals surface area contributed by atoms with Crippen LogP contribution in [0.25, 0.3) is 0 Å². The summed E-state index contributed by atoms with van der Waals surface area (Å²) in [6.07, 6.45) is 0.100. The molecule has 1 aromatic rings. The maximum absolute atomic E-state index is 11.4. The Kier molecular flexibility index (Phi) is 3.93. The van der Waals surface area contributed by atoms with Crippen molar-refractivity contribution in [2.45, 2.75) is 19.4 Å². The lowest BCUT2D eigenvalue weighted by atomic mass is 10.2. The van der Waals surface area contributed by atoms with Crippen LogP contribution < -0.4 is 15.4 Å². The Morgan fingerprint density at radius 1 is 1.20 bits per heavy atom. The molecule has 1 unspecified atom stereocenters. The lowest BCUT2D eigenvalue weighted by molar-refractivity contribution is -0.124. The van der Waals surface area contributed by atoms with Crippen LogP contribution in [0, 0.1) is 0 Å². The Labute approximate surface area is 116 Å². The first-order chi connectivity index (χ1) is 9.39. The van der Waals surface area contributed by atoms with E-state index in [9.17, 15) is 18.0 Å². The molecule has 1 atom stereocenters. The second kappa shape index (κ2) is 5.49. The summed E-state index contributed by atoms with van der Waals surface area (Å²) in [5.41, 5.74) is 1.09. The predicted octanol–water partition coefficient (Wildman–Crippen LogP) is 0.275. The smallest absolute Gasteiger partial charge is 0.249 e. The number of hydrogen-bond acceptors (Lipinski definition) is 5. The zero-order valence-corrected chi connectivity index (χ0v) is 11.7. The second-order valence-corrected chi connectivity index (χ2v) is 6.41. The number of amides is 2. The van der Waals surface area contributed by atoms with E-state index in [1.165, 1.54) is 0 Å². The van der Waals surface area contributed by atoms with Gasteiger partial charge in [0.15, 0.2) is 0 Å². The van der Waals surface area contributed by atoms with Crippen molar-refractivity contribution in [2.24, 2.45) is 0 Å². The zero-order chi connectivity index (χ0) is 14.8. The van der Waals surface area contributed by atoms with Crippen molar-refractivity contribution in [1.82, 2.24) is 5.32 Å². The Bertz CT molecular complexity index is 625. The largest absolute Gasteiger partial charge is 0.373 e. The van der Waals surface area contributed by atoms with E-state index in [0.29, 0.717) is 11.4 Å². The molecule has 3 N–H and O–H groups in total. The fourth-order valence-electron chi connectivity index (χ4n) is 1.76. The van der Waals surface area contributed by atoms with E-state index >= 15 is 0 Å². The Balaban J connectivity index is 2.02. The molecule has 1 fully saturated rings. The first kappa shape index (κ1) is 14.3. The van der Waals surface area contributed by atoms with E-state index in [2.05, 4.69) is 15.4 Å². The standard InChI is InChI=1S/C12H15N3O4S/c1-2-20(18,19)15-9-5-3-8(4-6-9)13-10-7-11(16)14-12(10)17/h3-6,10,13,15H,2,7H2,1H3,(H,14,16,17). The van der Waals surface area contributed by atoms with Gasteiger partial charge in [-0.2, -0.15) is 0 Å². The van der Waals surface area contributed by atoms with Crippen molar-refractivity contribution in [3.8, 4) is 0 Å². The molecule has 1 saturated heterocycles. The van der Waals surface area contributed by atoms with Crippen LogP contribution in [0.3, 0.4) is 0 Å². The molecule has 1 aliphatic rings. The minimum Gasteiger partial charge on any atom is -0.373 e. The molecule has 8 heteroatoms. The first-order valence-electron chi connectivity index (χ1n) is 6.10. The van der Waals surface area contributed by atoms with Crippen LogP contribution in [0.2, 0.25) is 0 Å². The van der Waals surface area contributed by atoms with Gasteiger partial charge in [-0.1, -0.05) is 0 Å². The summed E-state index contributed by atoms with van der Waals surface area (Å²) in [5, 5.41) is 5.12. The highest BCUT2D eigenvalue weighted by Crippen LogP contribution is 2.17. The average Bonchev–Trinajstić information content (AvgIpc) is 2.70. The molecule has 0 aliphatic carbocycles. The average molecular weight is 297 g/mol. The molecule has 0 aromatic heterocycles. The Hall–Kier alpha value is -2.09. The lowest BCUT2D eigenvalue weighted by Crippen LogP contribution is -2.29. The van der Waals surface area contributed by atoms with E-state index in [1.807, 2.05) is 0 Å². The molecule has 1 heterocycles. The summed E-state index contributed by atoms with van der Waals surface area (Å²) in [6, 6.07) is 5.88. The minimum absolute atomic E-state index is 0.00262. The summed E-state index contributed by atoms with van der Waals surface area (Å²) in [7, 11) is -3.30. The third-order valence-electron chi connectivity index (χ3n) is 2.85. The summed E-state index contributed by atoms with van der Waals surface area (Å²) in [4.78, 5) is 22.4. The Morgan fingerprint density at radius 2 is 1.80 bits per heavy atom. The van der Waals surface area contributed by atoms with Crippen LogP contribution in [0.15, 0.2) is 24.3 Å². The number of anilines is 2. The minimum atomic E-state index is -3.30. The van der Waals surface area contributed by atoms with Crippen molar-refractivity contribution in [3.05, 3.63) is 24.3 Å². The van der Waals surface area contributed by atoms with Gasteiger partial charge in [-0.3, -0.25) is 19.6 Å². The van der Waals surface area contributed by atoms with E-state index in [0.717, 1.165) is 0 Å². The number of rotatable bonds is 5. The number of hydrogen-bond donors (Lipinski definition) is 3. The molecule has 0 saturated carbocycles. The number of carbonyl (C=O) groups is 2. The molecule has 0 bridgehead atoms. The van der Waals surface area contributed by atoms with E-state index in [-0.39, 0.29) is 24.0 Å². The molecule has 1 aromatic carbocycles. The van der Waals surface area contributed by atoms with Gasteiger partial charge in [0.1, 0.15) is 6.04 Å². The summed E-state index contributed by atoms with van der Waals surface area (Å²) >= 11 is 0. The fourth-order valence-corrected chi connectivity index (χ4v) is 2.40. The van der Waals surface area contributed by atoms with Crippen LogP contribution in [0.1, 0.15) is 13.3 Å². The van der Waals surface area contributed by atoms with Crippen molar-refractivity contribution in [2.75, 3.05) is 15.8 Å². The number of carbonyl (C=O) groups excluding carboxylic acids is 2. The lowest BCUT2D eigenvalue weighted by Gasteiger charge is -2.11. The monoisotopic (exact) mass is 297 g/mol. The summed E-state index contributed by atoms with van der Waals surface area (Å²) in [5.74, 6) is -0.664. The van der Waals surface area contributed by atoms with Crippen LogP contribution in [-0.2, 0) is 19.6 Å². The van der Waals surface area contributed by atoms with Gasteiger partial charge in [0, 0.05) is 11.4 Å². The van der Waals surface area contributed by atoms with Crippen molar-refractivity contribution in [3.63, 3.8) is 0 Å². The van der Waals surface area contributed by atoms with Gasteiger partial charge in [0.25, 0.3) is 0 Å². The Morgan fingerprint density at radius 3 is 2.30 bits per heavy atom. The van der Waals surface area contributed by atoms with Crippen LogP contribution in [0.4, 0.5) is 11.4 Å². The molecular weight excluding hydrogens is 282 g/mol. The predicted molar refractivity (Wildman–Crippen MR) is 74.7 cm³/mol. The summed E-state index contributed by atoms with van der Waals surface area (Å²) in [6.45, 7) is 1.55. The quantitative estimate of drug-likeness (QED) is 0.677. The molecule has 7 nitrogen and oxygen atoms in total. The highest BCUT2D eigenvalue weighted by atomic mass is 32.2. The van der Waals surface area contributed by atoms with Gasteiger partial charge in [-0.25, -0.2) is 8.42 Å².